The summed E-state index contributed by atoms with van der Waals surface area (Å²) < 4.78 is 32.5. The number of nitrogens with two attached hydrogens (primary N) is 1. The molecule has 0 bridgehead atoms. The Morgan fingerprint density at radius 3 is 2.82 bits per heavy atom. The second kappa shape index (κ2) is 7.86. The number of amides is 1. The van der Waals surface area contributed by atoms with Gasteiger partial charge in [0.05, 0.1) is 18.3 Å². The molecule has 11 nitrogen and oxygen atoms in total. The Morgan fingerprint density at radius 2 is 2.09 bits per heavy atom. The largest absolute Gasteiger partial charge is 0.461 e. The highest BCUT2D eigenvalue weighted by Gasteiger charge is 2.55. The van der Waals surface area contributed by atoms with E-state index in [-0.39, 0.29) is 29.7 Å². The quantitative estimate of drug-likeness (QED) is 0.584. The Labute approximate surface area is 193 Å². The first-order valence-electron chi connectivity index (χ1n) is 11.5. The number of furan rings is 1. The van der Waals surface area contributed by atoms with E-state index in [0.717, 1.165) is 19.3 Å². The van der Waals surface area contributed by atoms with Gasteiger partial charge in [-0.15, -0.1) is 5.10 Å². The first kappa shape index (κ1) is 21.2. The van der Waals surface area contributed by atoms with Crippen LogP contribution in [0.4, 0.5) is 20.7 Å². The van der Waals surface area contributed by atoms with Gasteiger partial charge in [0.1, 0.15) is 6.04 Å². The van der Waals surface area contributed by atoms with Gasteiger partial charge in [-0.2, -0.15) is 19.5 Å². The maximum atomic E-state index is 13.7. The molecule has 1 spiro atoms. The molecule has 34 heavy (non-hydrogen) atoms. The van der Waals surface area contributed by atoms with Crippen molar-refractivity contribution in [2.24, 2.45) is 0 Å². The molecular weight excluding hydrogens is 448 g/mol. The van der Waals surface area contributed by atoms with Crippen molar-refractivity contribution in [2.45, 2.75) is 43.7 Å². The zero-order chi connectivity index (χ0) is 23.4. The Balaban J connectivity index is 1.25. The smallest absolute Gasteiger partial charge is 0.259 e. The Bertz CT molecular complexity index is 1210. The van der Waals surface area contributed by atoms with Crippen molar-refractivity contribution in [3.8, 4) is 11.6 Å². The van der Waals surface area contributed by atoms with Gasteiger partial charge in [-0.3, -0.25) is 9.69 Å². The van der Waals surface area contributed by atoms with Crippen molar-refractivity contribution in [1.29, 1.82) is 0 Å². The van der Waals surface area contributed by atoms with Gasteiger partial charge in [-0.1, -0.05) is 0 Å². The van der Waals surface area contributed by atoms with Gasteiger partial charge < -0.3 is 20.0 Å². The number of aromatic nitrogens is 5. The molecule has 3 aromatic heterocycles. The molecule has 3 aromatic rings. The number of fused-ring (bicyclic) bond motifs is 1. The lowest BCUT2D eigenvalue weighted by Crippen LogP contribution is -2.60. The summed E-state index contributed by atoms with van der Waals surface area (Å²) in [4.78, 5) is 32.6. The van der Waals surface area contributed by atoms with Crippen molar-refractivity contribution in [1.82, 2.24) is 34.4 Å². The number of carbonyl (C=O) groups is 1. The van der Waals surface area contributed by atoms with Crippen LogP contribution in [0.5, 0.6) is 0 Å². The molecule has 13 heteroatoms. The van der Waals surface area contributed by atoms with E-state index >= 15 is 0 Å². The number of nitrogen functional groups attached to an aromatic ring is 1. The van der Waals surface area contributed by atoms with Crippen LogP contribution in [0.25, 0.3) is 17.4 Å². The standard InChI is InChI=1S/C21H25F2N9O2/c22-15(23)11-29-8-9-31(21(12-29)5-6-21)17(33)13-3-1-7-30(13)19-26-18(24)32-20(27-19)25-16(28-32)14-4-2-10-34-14/h2,4,10,13,15H,1,3,5-9,11-12H2,(H2,24,25,26,27,28)/t13-/m0/s1. The number of nitrogens with zero attached hydrogens (tertiary/aromatic N) is 8. The lowest BCUT2D eigenvalue weighted by molar-refractivity contribution is -0.139. The summed E-state index contributed by atoms with van der Waals surface area (Å²) >= 11 is 0. The van der Waals surface area contributed by atoms with Crippen LogP contribution in [-0.4, -0.2) is 91.0 Å². The molecular formula is C21H25F2N9O2. The molecule has 0 unspecified atom stereocenters. The maximum Gasteiger partial charge on any atom is 0.259 e. The highest BCUT2D eigenvalue weighted by atomic mass is 19.3. The van der Waals surface area contributed by atoms with Crippen LogP contribution in [0.3, 0.4) is 0 Å². The molecule has 2 N–H and O–H groups in total. The average molecular weight is 473 g/mol. The first-order chi connectivity index (χ1) is 16.4. The summed E-state index contributed by atoms with van der Waals surface area (Å²) in [7, 11) is 0. The highest BCUT2D eigenvalue weighted by molar-refractivity contribution is 5.86. The molecule has 180 valence electrons. The third-order valence-electron chi connectivity index (χ3n) is 6.98. The van der Waals surface area contributed by atoms with Crippen molar-refractivity contribution in [3.63, 3.8) is 0 Å². The zero-order valence-corrected chi connectivity index (χ0v) is 18.5. The van der Waals surface area contributed by atoms with Crippen molar-refractivity contribution < 1.29 is 18.0 Å². The number of hydrogen-bond acceptors (Lipinski definition) is 9. The molecule has 3 aliphatic rings. The van der Waals surface area contributed by atoms with E-state index in [9.17, 15) is 13.6 Å². The molecule has 2 saturated heterocycles. The zero-order valence-electron chi connectivity index (χ0n) is 18.5. The van der Waals surface area contributed by atoms with Gasteiger partial charge >= 0.3 is 0 Å². The number of rotatable bonds is 5. The van der Waals surface area contributed by atoms with Crippen molar-refractivity contribution >= 4 is 23.6 Å². The van der Waals surface area contributed by atoms with E-state index in [0.29, 0.717) is 50.1 Å². The van der Waals surface area contributed by atoms with Crippen LogP contribution in [0, 0.1) is 0 Å². The number of hydrogen-bond donors (Lipinski definition) is 1. The van der Waals surface area contributed by atoms with E-state index in [4.69, 9.17) is 10.2 Å². The lowest BCUT2D eigenvalue weighted by atomic mass is 10.1. The van der Waals surface area contributed by atoms with Crippen LogP contribution in [0.15, 0.2) is 22.8 Å². The predicted molar refractivity (Wildman–Crippen MR) is 117 cm³/mol. The minimum atomic E-state index is -2.37. The molecule has 2 aliphatic heterocycles. The van der Waals surface area contributed by atoms with Crippen LogP contribution in [-0.2, 0) is 4.79 Å². The predicted octanol–water partition coefficient (Wildman–Crippen LogP) is 1.27. The molecule has 1 saturated carbocycles. The van der Waals surface area contributed by atoms with Crippen LogP contribution in [0.2, 0.25) is 0 Å². The minimum Gasteiger partial charge on any atom is -0.461 e. The van der Waals surface area contributed by atoms with Gasteiger partial charge in [-0.25, -0.2) is 8.78 Å². The number of piperazine rings is 1. The summed E-state index contributed by atoms with van der Waals surface area (Å²) in [6.45, 7) is 1.78. The normalized spacial score (nSPS) is 22.4. The van der Waals surface area contributed by atoms with E-state index in [1.54, 1.807) is 17.0 Å². The Morgan fingerprint density at radius 1 is 1.24 bits per heavy atom. The topological polar surface area (TPSA) is 122 Å². The van der Waals surface area contributed by atoms with Crippen molar-refractivity contribution in [2.75, 3.05) is 43.4 Å². The number of anilines is 2. The SMILES string of the molecule is Nc1nc(N2CCC[C@H]2C(=O)N2CCN(CC(F)F)CC23CC3)nc2nc(-c3ccco3)nn12. The fraction of sp³-hybridized carbons (Fsp3) is 0.571. The second-order valence-electron chi connectivity index (χ2n) is 9.20. The second-order valence-corrected chi connectivity index (χ2v) is 9.20. The van der Waals surface area contributed by atoms with Gasteiger partial charge in [0, 0.05) is 26.2 Å². The monoisotopic (exact) mass is 473 g/mol. The third-order valence-corrected chi connectivity index (χ3v) is 6.98. The van der Waals surface area contributed by atoms with E-state index in [1.807, 2.05) is 9.80 Å². The Kier molecular flexibility index (Phi) is 4.90. The molecule has 1 amide bonds. The van der Waals surface area contributed by atoms with Crippen molar-refractivity contribution in [3.05, 3.63) is 18.4 Å². The fourth-order valence-electron chi connectivity index (χ4n) is 5.20. The molecule has 3 fully saturated rings. The van der Waals surface area contributed by atoms with Gasteiger partial charge in [0.25, 0.3) is 12.2 Å². The summed E-state index contributed by atoms with van der Waals surface area (Å²) in [6, 6.07) is 3.05. The van der Waals surface area contributed by atoms with Crippen LogP contribution < -0.4 is 10.6 Å². The lowest BCUT2D eigenvalue weighted by Gasteiger charge is -2.43. The molecule has 1 aliphatic carbocycles. The summed E-state index contributed by atoms with van der Waals surface area (Å²) in [6.07, 6.45) is 2.33. The molecule has 6 rings (SSSR count). The minimum absolute atomic E-state index is 0.00600. The molecule has 5 heterocycles. The van der Waals surface area contributed by atoms with Gasteiger partial charge in [-0.05, 0) is 37.8 Å². The molecule has 1 atom stereocenters. The highest BCUT2D eigenvalue weighted by Crippen LogP contribution is 2.45. The summed E-state index contributed by atoms with van der Waals surface area (Å²) in [5.41, 5.74) is 5.83. The third kappa shape index (κ3) is 3.54. The van der Waals surface area contributed by atoms with E-state index in [1.165, 1.54) is 10.8 Å². The summed E-state index contributed by atoms with van der Waals surface area (Å²) in [5, 5.41) is 4.31. The molecule has 0 radical (unpaired) electrons. The number of halogens is 2. The van der Waals surface area contributed by atoms with Crippen LogP contribution >= 0.6 is 0 Å². The van der Waals surface area contributed by atoms with Gasteiger partial charge in [0.15, 0.2) is 5.76 Å². The Hall–Kier alpha value is -3.35. The number of carbonyl (C=O) groups excluding carboxylic acids is 1. The number of alkyl halides is 2. The van der Waals surface area contributed by atoms with Gasteiger partial charge in [0.2, 0.25) is 23.6 Å². The maximum absolute atomic E-state index is 13.7. The summed E-state index contributed by atoms with van der Waals surface area (Å²) in [5.74, 6) is 1.55. The fourth-order valence-corrected chi connectivity index (χ4v) is 5.20. The average Bonchev–Trinajstić information content (AvgIpc) is 3.28. The first-order valence-corrected chi connectivity index (χ1v) is 11.5. The van der Waals surface area contributed by atoms with E-state index in [2.05, 4.69) is 20.1 Å². The molecule has 0 aromatic carbocycles. The van der Waals surface area contributed by atoms with E-state index < -0.39 is 12.5 Å². The van der Waals surface area contributed by atoms with Crippen LogP contribution in [0.1, 0.15) is 25.7 Å².